The highest BCUT2D eigenvalue weighted by atomic mass is 32.2. The highest BCUT2D eigenvalue weighted by Gasteiger charge is 2.15. The van der Waals surface area contributed by atoms with Gasteiger partial charge in [-0.3, -0.25) is 9.59 Å². The Morgan fingerprint density at radius 2 is 2.04 bits per heavy atom. The molecule has 0 bridgehead atoms. The summed E-state index contributed by atoms with van der Waals surface area (Å²) >= 11 is 2.67. The maximum absolute atomic E-state index is 14.3. The second-order valence-corrected chi connectivity index (χ2v) is 7.17. The first-order valence-electron chi connectivity index (χ1n) is 7.61. The number of carbonyl (C=O) groups is 2. The molecular weight excluding hydrogens is 375 g/mol. The number of rotatable bonds is 4. The van der Waals surface area contributed by atoms with Crippen molar-refractivity contribution in [2.24, 2.45) is 4.99 Å². The molecule has 0 aliphatic carbocycles. The van der Waals surface area contributed by atoms with Crippen molar-refractivity contribution in [3.8, 4) is 0 Å². The van der Waals surface area contributed by atoms with Gasteiger partial charge < -0.3 is 9.30 Å². The minimum absolute atomic E-state index is 0.228. The van der Waals surface area contributed by atoms with Crippen molar-refractivity contribution in [3.05, 3.63) is 58.6 Å². The van der Waals surface area contributed by atoms with Crippen molar-refractivity contribution in [1.82, 2.24) is 4.57 Å². The second kappa shape index (κ2) is 7.84. The lowest BCUT2D eigenvalue weighted by molar-refractivity contribution is -0.141. The number of ether oxygens (including phenoxy) is 1. The minimum Gasteiger partial charge on any atom is -0.468 e. The van der Waals surface area contributed by atoms with E-state index < -0.39 is 17.7 Å². The number of hydrogen-bond donors (Lipinski definition) is 0. The quantitative estimate of drug-likeness (QED) is 0.506. The van der Waals surface area contributed by atoms with Crippen LogP contribution in [0.15, 0.2) is 52.4 Å². The predicted molar refractivity (Wildman–Crippen MR) is 99.9 cm³/mol. The van der Waals surface area contributed by atoms with Gasteiger partial charge in [0.25, 0.3) is 5.91 Å². The van der Waals surface area contributed by atoms with Crippen LogP contribution < -0.4 is 4.80 Å². The van der Waals surface area contributed by atoms with Gasteiger partial charge in [0.2, 0.25) is 0 Å². The molecule has 134 valence electrons. The first kappa shape index (κ1) is 18.3. The monoisotopic (exact) mass is 390 g/mol. The van der Waals surface area contributed by atoms with Gasteiger partial charge in [-0.15, -0.1) is 11.8 Å². The third kappa shape index (κ3) is 3.71. The summed E-state index contributed by atoms with van der Waals surface area (Å²) in [6, 6.07) is 11.7. The normalized spacial score (nSPS) is 11.7. The zero-order chi connectivity index (χ0) is 18.7. The van der Waals surface area contributed by atoms with Gasteiger partial charge in [0.1, 0.15) is 12.4 Å². The minimum atomic E-state index is -0.550. The fourth-order valence-electron chi connectivity index (χ4n) is 2.42. The standard InChI is InChI=1S/C18H15FN2O3S2/c1-24-15(22)10-21-16-13(19)7-4-8-14(16)26-18(21)20-17(23)11-5-3-6-12(9-11)25-2/h3-9H,10H2,1-2H3. The highest BCUT2D eigenvalue weighted by Crippen LogP contribution is 2.21. The van der Waals surface area contributed by atoms with E-state index in [9.17, 15) is 14.0 Å². The molecule has 0 unspecified atom stereocenters. The van der Waals surface area contributed by atoms with Crippen LogP contribution in [0.2, 0.25) is 0 Å². The number of nitrogens with zero attached hydrogens (tertiary/aromatic N) is 2. The Balaban J connectivity index is 2.15. The number of aromatic nitrogens is 1. The molecule has 8 heteroatoms. The predicted octanol–water partition coefficient (Wildman–Crippen LogP) is 3.48. The van der Waals surface area contributed by atoms with Crippen LogP contribution in [0.25, 0.3) is 10.2 Å². The molecule has 0 saturated heterocycles. The van der Waals surface area contributed by atoms with Crippen LogP contribution in [-0.2, 0) is 16.1 Å². The number of methoxy groups -OCH3 is 1. The Labute approximate surface area is 157 Å². The van der Waals surface area contributed by atoms with Crippen LogP contribution in [0.1, 0.15) is 10.4 Å². The first-order chi connectivity index (χ1) is 12.5. The van der Waals surface area contributed by atoms with Crippen molar-refractivity contribution >= 4 is 45.2 Å². The van der Waals surface area contributed by atoms with E-state index in [1.54, 1.807) is 30.3 Å². The maximum Gasteiger partial charge on any atom is 0.325 e. The SMILES string of the molecule is COC(=O)Cn1c(=NC(=O)c2cccc(SC)c2)sc2cccc(F)c21. The fraction of sp³-hybridized carbons (Fsp3) is 0.167. The molecule has 3 rings (SSSR count). The molecule has 1 aromatic heterocycles. The van der Waals surface area contributed by atoms with E-state index in [2.05, 4.69) is 9.73 Å². The zero-order valence-corrected chi connectivity index (χ0v) is 15.7. The molecule has 1 amide bonds. The van der Waals surface area contributed by atoms with E-state index in [0.717, 1.165) is 16.2 Å². The number of fused-ring (bicyclic) bond motifs is 1. The molecule has 0 atom stereocenters. The van der Waals surface area contributed by atoms with Gasteiger partial charge in [-0.05, 0) is 36.6 Å². The van der Waals surface area contributed by atoms with Gasteiger partial charge in [0.05, 0.1) is 17.3 Å². The summed E-state index contributed by atoms with van der Waals surface area (Å²) in [4.78, 5) is 29.6. The molecule has 26 heavy (non-hydrogen) atoms. The molecule has 3 aromatic rings. The Morgan fingerprint density at radius 1 is 1.27 bits per heavy atom. The molecule has 0 radical (unpaired) electrons. The van der Waals surface area contributed by atoms with Crippen LogP contribution in [0.3, 0.4) is 0 Å². The Hall–Kier alpha value is -2.45. The molecule has 5 nitrogen and oxygen atoms in total. The third-order valence-corrected chi connectivity index (χ3v) is 5.45. The zero-order valence-electron chi connectivity index (χ0n) is 14.1. The fourth-order valence-corrected chi connectivity index (χ4v) is 3.92. The molecule has 2 aromatic carbocycles. The van der Waals surface area contributed by atoms with Gasteiger partial charge in [-0.1, -0.05) is 23.5 Å². The number of thiazole rings is 1. The van der Waals surface area contributed by atoms with Crippen LogP contribution >= 0.6 is 23.1 Å². The van der Waals surface area contributed by atoms with Gasteiger partial charge in [-0.2, -0.15) is 4.99 Å². The lowest BCUT2D eigenvalue weighted by Gasteiger charge is -2.04. The first-order valence-corrected chi connectivity index (χ1v) is 9.65. The largest absolute Gasteiger partial charge is 0.468 e. The summed E-state index contributed by atoms with van der Waals surface area (Å²) < 4.78 is 20.9. The van der Waals surface area contributed by atoms with E-state index in [-0.39, 0.29) is 16.9 Å². The number of amides is 1. The van der Waals surface area contributed by atoms with Gasteiger partial charge in [0.15, 0.2) is 4.80 Å². The maximum atomic E-state index is 14.3. The van der Waals surface area contributed by atoms with Gasteiger partial charge >= 0.3 is 5.97 Å². The van der Waals surface area contributed by atoms with Crippen molar-refractivity contribution in [2.45, 2.75) is 11.4 Å². The summed E-state index contributed by atoms with van der Waals surface area (Å²) in [7, 11) is 1.25. The topological polar surface area (TPSA) is 60.7 Å². The molecule has 0 aliphatic heterocycles. The second-order valence-electron chi connectivity index (χ2n) is 5.28. The summed E-state index contributed by atoms with van der Waals surface area (Å²) in [5.41, 5.74) is 0.659. The summed E-state index contributed by atoms with van der Waals surface area (Å²) in [5, 5.41) is 0. The molecule has 1 heterocycles. The molecule has 0 spiro atoms. The number of esters is 1. The molecule has 0 fully saturated rings. The van der Waals surface area contributed by atoms with Crippen LogP contribution in [-0.4, -0.2) is 29.8 Å². The summed E-state index contributed by atoms with van der Waals surface area (Å²) in [5.74, 6) is -1.49. The molecular formula is C18H15FN2O3S2. The summed E-state index contributed by atoms with van der Waals surface area (Å²) in [6.45, 7) is -0.228. The average Bonchev–Trinajstić information content (AvgIpc) is 2.99. The Morgan fingerprint density at radius 3 is 2.77 bits per heavy atom. The lowest BCUT2D eigenvalue weighted by Crippen LogP contribution is -2.22. The van der Waals surface area contributed by atoms with E-state index in [1.165, 1.54) is 29.5 Å². The average molecular weight is 390 g/mol. The van der Waals surface area contributed by atoms with Crippen molar-refractivity contribution in [2.75, 3.05) is 13.4 Å². The molecule has 0 aliphatic rings. The van der Waals surface area contributed by atoms with Crippen molar-refractivity contribution < 1.29 is 18.7 Å². The number of para-hydroxylation sites is 1. The highest BCUT2D eigenvalue weighted by molar-refractivity contribution is 7.98. The Kier molecular flexibility index (Phi) is 5.53. The Bertz CT molecular complexity index is 1060. The lowest BCUT2D eigenvalue weighted by atomic mass is 10.2. The van der Waals surface area contributed by atoms with Gasteiger partial charge in [-0.25, -0.2) is 4.39 Å². The smallest absolute Gasteiger partial charge is 0.325 e. The van der Waals surface area contributed by atoms with Crippen LogP contribution in [0.4, 0.5) is 4.39 Å². The van der Waals surface area contributed by atoms with Crippen LogP contribution in [0, 0.1) is 5.82 Å². The van der Waals surface area contributed by atoms with E-state index in [1.807, 2.05) is 12.3 Å². The number of halogens is 1. The molecule has 0 saturated carbocycles. The third-order valence-electron chi connectivity index (χ3n) is 3.68. The summed E-state index contributed by atoms with van der Waals surface area (Å²) in [6.07, 6.45) is 1.92. The van der Waals surface area contributed by atoms with E-state index in [0.29, 0.717) is 10.3 Å². The number of thioether (sulfide) groups is 1. The van der Waals surface area contributed by atoms with E-state index >= 15 is 0 Å². The van der Waals surface area contributed by atoms with Gasteiger partial charge in [0, 0.05) is 10.5 Å². The van der Waals surface area contributed by atoms with Crippen LogP contribution in [0.5, 0.6) is 0 Å². The van der Waals surface area contributed by atoms with E-state index in [4.69, 9.17) is 0 Å². The van der Waals surface area contributed by atoms with Crippen molar-refractivity contribution in [1.29, 1.82) is 0 Å². The molecule has 0 N–H and O–H groups in total. The number of benzene rings is 2. The number of carbonyl (C=O) groups excluding carboxylic acids is 2. The van der Waals surface area contributed by atoms with Crippen molar-refractivity contribution in [3.63, 3.8) is 0 Å². The number of hydrogen-bond acceptors (Lipinski definition) is 5.